The second kappa shape index (κ2) is 8.06. The van der Waals surface area contributed by atoms with Gasteiger partial charge in [0.05, 0.1) is 13.1 Å². The van der Waals surface area contributed by atoms with Crippen LogP contribution < -0.4 is 5.32 Å². The highest BCUT2D eigenvalue weighted by molar-refractivity contribution is 5.79. The average molecular weight is 244 g/mol. The Morgan fingerprint density at radius 2 is 1.53 bits per heavy atom. The molecule has 5 nitrogen and oxygen atoms in total. The molecule has 0 aliphatic heterocycles. The fourth-order valence-electron chi connectivity index (χ4n) is 1.55. The van der Waals surface area contributed by atoms with Crippen LogP contribution in [0, 0.1) is 11.8 Å². The van der Waals surface area contributed by atoms with Crippen molar-refractivity contribution < 1.29 is 14.7 Å². The Kier molecular flexibility index (Phi) is 7.54. The number of hydrogen-bond donors (Lipinski definition) is 2. The van der Waals surface area contributed by atoms with Crippen LogP contribution in [0.15, 0.2) is 0 Å². The van der Waals surface area contributed by atoms with Gasteiger partial charge in [0, 0.05) is 13.1 Å². The molecule has 100 valence electrons. The van der Waals surface area contributed by atoms with Gasteiger partial charge in [-0.2, -0.15) is 0 Å². The second-order valence-corrected chi connectivity index (χ2v) is 5.08. The van der Waals surface area contributed by atoms with Crippen LogP contribution in [0.5, 0.6) is 0 Å². The van der Waals surface area contributed by atoms with Crippen molar-refractivity contribution in [3.63, 3.8) is 0 Å². The maximum Gasteiger partial charge on any atom is 0.317 e. The third-order valence-electron chi connectivity index (χ3n) is 2.08. The summed E-state index contributed by atoms with van der Waals surface area (Å²) in [5, 5.41) is 11.1. The van der Waals surface area contributed by atoms with Gasteiger partial charge in [-0.15, -0.1) is 0 Å². The zero-order chi connectivity index (χ0) is 13.4. The summed E-state index contributed by atoms with van der Waals surface area (Å²) < 4.78 is 0. The zero-order valence-electron chi connectivity index (χ0n) is 11.2. The Morgan fingerprint density at radius 1 is 1.06 bits per heavy atom. The van der Waals surface area contributed by atoms with Gasteiger partial charge in [0.15, 0.2) is 0 Å². The molecule has 0 aromatic carbocycles. The minimum Gasteiger partial charge on any atom is -0.480 e. The first-order valence-corrected chi connectivity index (χ1v) is 6.03. The van der Waals surface area contributed by atoms with Crippen molar-refractivity contribution in [1.82, 2.24) is 10.2 Å². The largest absolute Gasteiger partial charge is 0.480 e. The fraction of sp³-hybridized carbons (Fsp3) is 0.833. The van der Waals surface area contributed by atoms with Gasteiger partial charge in [-0.1, -0.05) is 27.7 Å². The van der Waals surface area contributed by atoms with E-state index in [1.165, 1.54) is 0 Å². The molecule has 0 rings (SSSR count). The molecule has 0 fully saturated rings. The summed E-state index contributed by atoms with van der Waals surface area (Å²) in [5.74, 6) is -0.153. The third kappa shape index (κ3) is 8.68. The average Bonchev–Trinajstić information content (AvgIpc) is 2.14. The van der Waals surface area contributed by atoms with Crippen LogP contribution in [0.4, 0.5) is 0 Å². The van der Waals surface area contributed by atoms with Crippen molar-refractivity contribution in [2.24, 2.45) is 11.8 Å². The molecular weight excluding hydrogens is 220 g/mol. The van der Waals surface area contributed by atoms with Gasteiger partial charge in [0.25, 0.3) is 0 Å². The Bertz CT molecular complexity index is 242. The van der Waals surface area contributed by atoms with E-state index in [0.717, 1.165) is 0 Å². The molecular formula is C12H24N2O3. The van der Waals surface area contributed by atoms with Crippen LogP contribution in [0.3, 0.4) is 0 Å². The van der Waals surface area contributed by atoms with Gasteiger partial charge in [-0.25, -0.2) is 0 Å². The maximum absolute atomic E-state index is 11.9. The molecule has 0 aliphatic carbocycles. The first-order valence-electron chi connectivity index (χ1n) is 6.03. The first-order chi connectivity index (χ1) is 7.82. The summed E-state index contributed by atoms with van der Waals surface area (Å²) in [4.78, 5) is 24.0. The van der Waals surface area contributed by atoms with E-state index in [-0.39, 0.29) is 19.0 Å². The Labute approximate surface area is 103 Å². The van der Waals surface area contributed by atoms with E-state index in [0.29, 0.717) is 24.9 Å². The smallest absolute Gasteiger partial charge is 0.317 e. The number of carboxylic acids is 1. The lowest BCUT2D eigenvalue weighted by molar-refractivity contribution is -0.136. The van der Waals surface area contributed by atoms with Gasteiger partial charge in [-0.3, -0.25) is 14.9 Å². The zero-order valence-corrected chi connectivity index (χ0v) is 11.2. The number of carbonyl (C=O) groups excluding carboxylic acids is 1. The number of rotatable bonds is 8. The molecule has 0 unspecified atom stereocenters. The normalized spacial score (nSPS) is 10.9. The Balaban J connectivity index is 4.17. The lowest BCUT2D eigenvalue weighted by Crippen LogP contribution is -2.42. The number of hydrogen-bond acceptors (Lipinski definition) is 3. The molecule has 0 saturated carbocycles. The molecule has 2 N–H and O–H groups in total. The Morgan fingerprint density at radius 3 is 1.88 bits per heavy atom. The topological polar surface area (TPSA) is 69.6 Å². The number of amides is 1. The highest BCUT2D eigenvalue weighted by Gasteiger charge is 2.15. The van der Waals surface area contributed by atoms with Crippen molar-refractivity contribution in [3.8, 4) is 0 Å². The first kappa shape index (κ1) is 15.9. The number of carbonyl (C=O) groups is 2. The predicted molar refractivity (Wildman–Crippen MR) is 66.8 cm³/mol. The van der Waals surface area contributed by atoms with Crippen LogP contribution in [0.25, 0.3) is 0 Å². The molecule has 0 radical (unpaired) electrons. The molecule has 1 amide bonds. The standard InChI is InChI=1S/C12H24N2O3/c1-9(2)7-14(8-10(3)4)11(15)5-13-6-12(16)17/h9-10,13H,5-8H2,1-4H3,(H,16,17). The van der Waals surface area contributed by atoms with E-state index in [9.17, 15) is 9.59 Å². The number of aliphatic carboxylic acids is 1. The van der Waals surface area contributed by atoms with E-state index in [1.807, 2.05) is 0 Å². The van der Waals surface area contributed by atoms with Gasteiger partial charge in [0.2, 0.25) is 5.91 Å². The van der Waals surface area contributed by atoms with E-state index in [1.54, 1.807) is 4.90 Å². The molecule has 0 heterocycles. The Hall–Kier alpha value is -1.10. The molecule has 0 saturated heterocycles. The van der Waals surface area contributed by atoms with Gasteiger partial charge in [-0.05, 0) is 11.8 Å². The highest BCUT2D eigenvalue weighted by atomic mass is 16.4. The van der Waals surface area contributed by atoms with E-state index in [2.05, 4.69) is 33.0 Å². The van der Waals surface area contributed by atoms with Crippen molar-refractivity contribution in [3.05, 3.63) is 0 Å². The quantitative estimate of drug-likeness (QED) is 0.662. The minimum absolute atomic E-state index is 0.0337. The van der Waals surface area contributed by atoms with Crippen molar-refractivity contribution in [2.75, 3.05) is 26.2 Å². The molecule has 17 heavy (non-hydrogen) atoms. The highest BCUT2D eigenvalue weighted by Crippen LogP contribution is 2.03. The van der Waals surface area contributed by atoms with Gasteiger partial charge >= 0.3 is 5.97 Å². The number of nitrogens with zero attached hydrogens (tertiary/aromatic N) is 1. The molecule has 0 aromatic heterocycles. The summed E-state index contributed by atoms with van der Waals surface area (Å²) in [7, 11) is 0. The number of nitrogens with one attached hydrogen (secondary N) is 1. The monoisotopic (exact) mass is 244 g/mol. The molecule has 5 heteroatoms. The lowest BCUT2D eigenvalue weighted by Gasteiger charge is -2.26. The predicted octanol–water partition coefficient (Wildman–Crippen LogP) is 0.801. The van der Waals surface area contributed by atoms with Crippen molar-refractivity contribution in [1.29, 1.82) is 0 Å². The SMILES string of the molecule is CC(C)CN(CC(C)C)C(=O)CNCC(=O)O. The second-order valence-electron chi connectivity index (χ2n) is 5.08. The molecule has 0 aromatic rings. The van der Waals surface area contributed by atoms with E-state index < -0.39 is 5.97 Å². The van der Waals surface area contributed by atoms with Crippen LogP contribution in [-0.4, -0.2) is 48.1 Å². The van der Waals surface area contributed by atoms with E-state index in [4.69, 9.17) is 5.11 Å². The van der Waals surface area contributed by atoms with Crippen molar-refractivity contribution in [2.45, 2.75) is 27.7 Å². The summed E-state index contributed by atoms with van der Waals surface area (Å²) in [6.07, 6.45) is 0. The summed E-state index contributed by atoms with van der Waals surface area (Å²) in [5.41, 5.74) is 0. The fourth-order valence-corrected chi connectivity index (χ4v) is 1.55. The summed E-state index contributed by atoms with van der Waals surface area (Å²) >= 11 is 0. The van der Waals surface area contributed by atoms with E-state index >= 15 is 0 Å². The van der Waals surface area contributed by atoms with Crippen LogP contribution >= 0.6 is 0 Å². The maximum atomic E-state index is 11.9. The molecule has 0 spiro atoms. The lowest BCUT2D eigenvalue weighted by atomic mass is 10.1. The van der Waals surface area contributed by atoms with Crippen LogP contribution in [0.1, 0.15) is 27.7 Å². The minimum atomic E-state index is -0.947. The number of carboxylic acid groups (broad SMARTS) is 1. The molecule has 0 atom stereocenters. The molecule has 0 bridgehead atoms. The molecule has 0 aliphatic rings. The summed E-state index contributed by atoms with van der Waals surface area (Å²) in [6, 6.07) is 0. The van der Waals surface area contributed by atoms with Crippen molar-refractivity contribution >= 4 is 11.9 Å². The van der Waals surface area contributed by atoms with Gasteiger partial charge in [0.1, 0.15) is 0 Å². The van der Waals surface area contributed by atoms with Gasteiger partial charge < -0.3 is 10.0 Å². The van der Waals surface area contributed by atoms with Crippen LogP contribution in [0.2, 0.25) is 0 Å². The van der Waals surface area contributed by atoms with Crippen LogP contribution in [-0.2, 0) is 9.59 Å². The third-order valence-corrected chi connectivity index (χ3v) is 2.08. The summed E-state index contributed by atoms with van der Waals surface area (Å²) in [6.45, 7) is 9.58.